The van der Waals surface area contributed by atoms with Crippen LogP contribution in [0.2, 0.25) is 0 Å². The number of nitrogens with zero attached hydrogens (tertiary/aromatic N) is 2. The molecule has 1 aromatic heterocycles. The van der Waals surface area contributed by atoms with Crippen LogP contribution in [0.4, 0.5) is 5.69 Å². The third-order valence-electron chi connectivity index (χ3n) is 4.01. The van der Waals surface area contributed by atoms with Crippen LogP contribution in [0.15, 0.2) is 42.6 Å². The second kappa shape index (κ2) is 6.60. The highest BCUT2D eigenvalue weighted by atomic mass is 16.1. The van der Waals surface area contributed by atoms with E-state index in [1.807, 2.05) is 12.1 Å². The summed E-state index contributed by atoms with van der Waals surface area (Å²) in [5, 5.41) is 2.93. The molecule has 1 N–H and O–H groups in total. The summed E-state index contributed by atoms with van der Waals surface area (Å²) in [6.45, 7) is 4.86. The lowest BCUT2D eigenvalue weighted by Crippen LogP contribution is -2.29. The van der Waals surface area contributed by atoms with Crippen LogP contribution < -0.4 is 10.2 Å². The lowest BCUT2D eigenvalue weighted by molar-refractivity contribution is 0.0948. The third kappa shape index (κ3) is 3.27. The van der Waals surface area contributed by atoms with Crippen LogP contribution in [0.1, 0.15) is 28.0 Å². The molecular weight excluding hydrogens is 274 g/mol. The van der Waals surface area contributed by atoms with Crippen LogP contribution in [0.5, 0.6) is 0 Å². The van der Waals surface area contributed by atoms with E-state index in [9.17, 15) is 4.79 Å². The topological polar surface area (TPSA) is 45.2 Å². The summed E-state index contributed by atoms with van der Waals surface area (Å²) in [6.07, 6.45) is 3.70. The summed E-state index contributed by atoms with van der Waals surface area (Å²) in [5.41, 5.74) is 4.59. The van der Waals surface area contributed by atoms with Crippen molar-refractivity contribution in [3.8, 4) is 0 Å². The van der Waals surface area contributed by atoms with E-state index >= 15 is 0 Å². The van der Waals surface area contributed by atoms with Gasteiger partial charge >= 0.3 is 0 Å². The van der Waals surface area contributed by atoms with Gasteiger partial charge in [0, 0.05) is 31.5 Å². The van der Waals surface area contributed by atoms with Crippen molar-refractivity contribution in [2.75, 3.05) is 24.5 Å². The maximum absolute atomic E-state index is 11.9. The molecule has 0 aliphatic carbocycles. The first-order valence-electron chi connectivity index (χ1n) is 7.78. The molecule has 4 heteroatoms. The highest BCUT2D eigenvalue weighted by molar-refractivity contribution is 5.92. The van der Waals surface area contributed by atoms with Crippen molar-refractivity contribution in [1.82, 2.24) is 10.3 Å². The lowest BCUT2D eigenvalue weighted by Gasteiger charge is -2.19. The summed E-state index contributed by atoms with van der Waals surface area (Å²) >= 11 is 0. The molecule has 1 aliphatic rings. The average molecular weight is 295 g/mol. The zero-order valence-corrected chi connectivity index (χ0v) is 12.9. The number of anilines is 1. The van der Waals surface area contributed by atoms with E-state index in [4.69, 9.17) is 0 Å². The Balaban J connectivity index is 1.46. The number of pyridine rings is 1. The van der Waals surface area contributed by atoms with E-state index in [1.165, 1.54) is 16.8 Å². The molecule has 2 heterocycles. The zero-order valence-electron chi connectivity index (χ0n) is 12.9. The maximum atomic E-state index is 11.9. The molecule has 0 bridgehead atoms. The third-order valence-corrected chi connectivity index (χ3v) is 4.01. The number of aryl methyl sites for hydroxylation is 1. The molecule has 3 rings (SSSR count). The van der Waals surface area contributed by atoms with Gasteiger partial charge in [0.25, 0.3) is 5.91 Å². The number of rotatable bonds is 5. The van der Waals surface area contributed by atoms with Gasteiger partial charge in [-0.3, -0.25) is 9.78 Å². The van der Waals surface area contributed by atoms with E-state index in [0.29, 0.717) is 12.2 Å². The Labute approximate surface area is 131 Å². The number of aromatic nitrogens is 1. The molecule has 1 amide bonds. The molecule has 0 radical (unpaired) electrons. The molecule has 0 unspecified atom stereocenters. The van der Waals surface area contributed by atoms with Crippen LogP contribution in [0, 0.1) is 6.92 Å². The summed E-state index contributed by atoms with van der Waals surface area (Å²) in [5.74, 6) is -0.0990. The lowest BCUT2D eigenvalue weighted by atomic mass is 10.1. The van der Waals surface area contributed by atoms with Gasteiger partial charge in [-0.15, -0.1) is 0 Å². The fraction of sp³-hybridized carbons (Fsp3) is 0.333. The van der Waals surface area contributed by atoms with Crippen LogP contribution in [-0.2, 0) is 6.42 Å². The van der Waals surface area contributed by atoms with E-state index < -0.39 is 0 Å². The number of nitrogens with one attached hydrogen (secondary N) is 1. The molecular formula is C18H21N3O. The highest BCUT2D eigenvalue weighted by Gasteiger charge is 2.18. The van der Waals surface area contributed by atoms with Crippen molar-refractivity contribution in [2.45, 2.75) is 19.8 Å². The van der Waals surface area contributed by atoms with Gasteiger partial charge in [0.15, 0.2) is 0 Å². The van der Waals surface area contributed by atoms with Crippen molar-refractivity contribution in [3.63, 3.8) is 0 Å². The van der Waals surface area contributed by atoms with Gasteiger partial charge in [-0.25, -0.2) is 0 Å². The van der Waals surface area contributed by atoms with Crippen molar-refractivity contribution < 1.29 is 4.79 Å². The monoisotopic (exact) mass is 295 g/mol. The largest absolute Gasteiger partial charge is 0.371 e. The van der Waals surface area contributed by atoms with Gasteiger partial charge < -0.3 is 10.2 Å². The maximum Gasteiger partial charge on any atom is 0.269 e. The molecule has 114 valence electrons. The zero-order chi connectivity index (χ0) is 15.4. The molecule has 22 heavy (non-hydrogen) atoms. The van der Waals surface area contributed by atoms with Gasteiger partial charge in [0.1, 0.15) is 5.69 Å². The Morgan fingerprint density at radius 2 is 2.23 bits per heavy atom. The Morgan fingerprint density at radius 3 is 3.05 bits per heavy atom. The van der Waals surface area contributed by atoms with Gasteiger partial charge in [0.2, 0.25) is 0 Å². The standard InChI is InChI=1S/C18H21N3O/c1-14-6-7-17-15(13-14)8-12-21(17)11-4-10-20-18(22)16-5-2-3-9-19-16/h2-3,5-7,9,13H,4,8,10-12H2,1H3,(H,20,22). The first-order chi connectivity index (χ1) is 10.7. The number of hydrogen-bond donors (Lipinski definition) is 1. The minimum atomic E-state index is -0.0990. The summed E-state index contributed by atoms with van der Waals surface area (Å²) in [4.78, 5) is 18.3. The smallest absolute Gasteiger partial charge is 0.269 e. The van der Waals surface area contributed by atoms with E-state index in [1.54, 1.807) is 12.3 Å². The highest BCUT2D eigenvalue weighted by Crippen LogP contribution is 2.28. The Bertz CT molecular complexity index is 655. The molecule has 1 aliphatic heterocycles. The van der Waals surface area contributed by atoms with Crippen molar-refractivity contribution in [2.24, 2.45) is 0 Å². The quantitative estimate of drug-likeness (QED) is 0.862. The van der Waals surface area contributed by atoms with Crippen LogP contribution >= 0.6 is 0 Å². The van der Waals surface area contributed by atoms with Crippen LogP contribution in [-0.4, -0.2) is 30.5 Å². The van der Waals surface area contributed by atoms with Crippen LogP contribution in [0.25, 0.3) is 0 Å². The SMILES string of the molecule is Cc1ccc2c(c1)CCN2CCCNC(=O)c1ccccn1. The van der Waals surface area contributed by atoms with Crippen LogP contribution in [0.3, 0.4) is 0 Å². The van der Waals surface area contributed by atoms with E-state index in [2.05, 4.69) is 40.3 Å². The molecule has 0 saturated heterocycles. The minimum Gasteiger partial charge on any atom is -0.371 e. The molecule has 0 fully saturated rings. The number of hydrogen-bond acceptors (Lipinski definition) is 3. The molecule has 0 atom stereocenters. The molecule has 1 aromatic carbocycles. The van der Waals surface area contributed by atoms with Crippen molar-refractivity contribution in [3.05, 3.63) is 59.4 Å². The van der Waals surface area contributed by atoms with Gasteiger partial charge in [-0.2, -0.15) is 0 Å². The van der Waals surface area contributed by atoms with E-state index in [-0.39, 0.29) is 5.91 Å². The molecule has 4 nitrogen and oxygen atoms in total. The number of fused-ring (bicyclic) bond motifs is 1. The van der Waals surface area contributed by atoms with Crippen molar-refractivity contribution >= 4 is 11.6 Å². The Hall–Kier alpha value is -2.36. The van der Waals surface area contributed by atoms with Gasteiger partial charge in [0.05, 0.1) is 0 Å². The Kier molecular flexibility index (Phi) is 4.37. The number of carbonyl (C=O) groups excluding carboxylic acids is 1. The number of amides is 1. The molecule has 0 spiro atoms. The van der Waals surface area contributed by atoms with E-state index in [0.717, 1.165) is 25.9 Å². The molecule has 2 aromatic rings. The average Bonchev–Trinajstić information content (AvgIpc) is 2.94. The second-order valence-corrected chi connectivity index (χ2v) is 5.69. The predicted octanol–water partition coefficient (Wildman–Crippen LogP) is 2.57. The van der Waals surface area contributed by atoms with Gasteiger partial charge in [-0.1, -0.05) is 23.8 Å². The number of benzene rings is 1. The second-order valence-electron chi connectivity index (χ2n) is 5.69. The minimum absolute atomic E-state index is 0.0990. The summed E-state index contributed by atoms with van der Waals surface area (Å²) in [6, 6.07) is 12.0. The fourth-order valence-corrected chi connectivity index (χ4v) is 2.89. The Morgan fingerprint density at radius 1 is 1.32 bits per heavy atom. The normalized spacial score (nSPS) is 13.0. The summed E-state index contributed by atoms with van der Waals surface area (Å²) < 4.78 is 0. The number of carbonyl (C=O) groups is 1. The predicted molar refractivity (Wildman–Crippen MR) is 88.3 cm³/mol. The van der Waals surface area contributed by atoms with Crippen molar-refractivity contribution in [1.29, 1.82) is 0 Å². The fourth-order valence-electron chi connectivity index (χ4n) is 2.89. The first-order valence-corrected chi connectivity index (χ1v) is 7.78. The molecule has 0 saturated carbocycles. The first kappa shape index (κ1) is 14.6. The van der Waals surface area contributed by atoms with Gasteiger partial charge in [-0.05, 0) is 43.5 Å². The summed E-state index contributed by atoms with van der Waals surface area (Å²) in [7, 11) is 0.